The number of carbonyl (C=O) groups excluding carboxylic acids is 2. The standard InChI is InChI=1S/C27H28ClFN4O2/c1-5-22(34)32-13-16(3)33(14-15(32)2)25-19-12-20(28)23(18-8-6-7-9-21(18)29)30-24(19)27(4,17-10-11-17)26(35)31-25/h5-9,12,15-17H,1,10-11,13-14H2,2-4H3/t15-,16+,27?/m1/s1. The lowest BCUT2D eigenvalue weighted by Gasteiger charge is -2.46. The molecule has 3 heterocycles. The summed E-state index contributed by atoms with van der Waals surface area (Å²) in [6.07, 6.45) is 3.16. The lowest BCUT2D eigenvalue weighted by molar-refractivity contribution is -0.131. The van der Waals surface area contributed by atoms with Crippen LogP contribution in [0.4, 0.5) is 4.39 Å². The second-order valence-corrected chi connectivity index (χ2v) is 10.4. The first-order chi connectivity index (χ1) is 16.7. The zero-order chi connectivity index (χ0) is 25.1. The summed E-state index contributed by atoms with van der Waals surface area (Å²) in [6.45, 7) is 10.4. The molecular formula is C27H28ClFN4O2. The van der Waals surface area contributed by atoms with Crippen LogP contribution in [0.25, 0.3) is 11.3 Å². The van der Waals surface area contributed by atoms with E-state index in [1.165, 1.54) is 12.1 Å². The molecule has 0 radical (unpaired) electrons. The molecule has 1 saturated heterocycles. The van der Waals surface area contributed by atoms with E-state index < -0.39 is 11.2 Å². The summed E-state index contributed by atoms with van der Waals surface area (Å²) in [7, 11) is 0. The molecule has 182 valence electrons. The van der Waals surface area contributed by atoms with Gasteiger partial charge in [0.2, 0.25) is 5.91 Å². The number of aliphatic imine (C=N–C) groups is 1. The Labute approximate surface area is 209 Å². The van der Waals surface area contributed by atoms with E-state index in [4.69, 9.17) is 16.6 Å². The molecular weight excluding hydrogens is 467 g/mol. The van der Waals surface area contributed by atoms with E-state index in [0.29, 0.717) is 46.5 Å². The molecule has 0 spiro atoms. The van der Waals surface area contributed by atoms with E-state index in [1.54, 1.807) is 29.2 Å². The molecule has 1 aromatic carbocycles. The molecule has 5 rings (SSSR count). The van der Waals surface area contributed by atoms with Gasteiger partial charge in [0, 0.05) is 36.3 Å². The third kappa shape index (κ3) is 3.77. The fraction of sp³-hybridized carbons (Fsp3) is 0.407. The third-order valence-corrected chi connectivity index (χ3v) is 7.89. The number of benzene rings is 1. The van der Waals surface area contributed by atoms with Gasteiger partial charge in [-0.15, -0.1) is 0 Å². The number of rotatable bonds is 3. The van der Waals surface area contributed by atoms with Crippen molar-refractivity contribution in [3.8, 4) is 11.3 Å². The number of halogens is 2. The Morgan fingerprint density at radius 3 is 2.57 bits per heavy atom. The van der Waals surface area contributed by atoms with Crippen LogP contribution in [-0.2, 0) is 15.0 Å². The number of fused-ring (bicyclic) bond motifs is 1. The number of amides is 2. The maximum absolute atomic E-state index is 14.7. The Bertz CT molecular complexity index is 1270. The number of hydrogen-bond acceptors (Lipinski definition) is 4. The Morgan fingerprint density at radius 2 is 1.91 bits per heavy atom. The molecule has 3 atom stereocenters. The molecule has 6 nitrogen and oxygen atoms in total. The molecule has 0 N–H and O–H groups in total. The largest absolute Gasteiger partial charge is 0.349 e. The average molecular weight is 495 g/mol. The van der Waals surface area contributed by atoms with Crippen molar-refractivity contribution in [1.82, 2.24) is 14.8 Å². The molecule has 35 heavy (non-hydrogen) atoms. The molecule has 0 bridgehead atoms. The summed E-state index contributed by atoms with van der Waals surface area (Å²) in [5, 5.41) is 0.301. The highest BCUT2D eigenvalue weighted by atomic mass is 35.5. The van der Waals surface area contributed by atoms with Gasteiger partial charge in [-0.3, -0.25) is 9.59 Å². The highest BCUT2D eigenvalue weighted by Crippen LogP contribution is 2.51. The third-order valence-electron chi connectivity index (χ3n) is 7.60. The van der Waals surface area contributed by atoms with Crippen molar-refractivity contribution in [3.05, 3.63) is 65.1 Å². The van der Waals surface area contributed by atoms with Gasteiger partial charge in [-0.25, -0.2) is 9.37 Å². The second-order valence-electron chi connectivity index (χ2n) is 9.96. The van der Waals surface area contributed by atoms with Gasteiger partial charge in [0.05, 0.1) is 21.8 Å². The van der Waals surface area contributed by atoms with Crippen LogP contribution in [0.3, 0.4) is 0 Å². The Morgan fingerprint density at radius 1 is 1.20 bits per heavy atom. The number of pyridine rings is 1. The van der Waals surface area contributed by atoms with Crippen LogP contribution in [0.5, 0.6) is 0 Å². The molecule has 2 fully saturated rings. The maximum atomic E-state index is 14.7. The molecule has 8 heteroatoms. The van der Waals surface area contributed by atoms with Crippen LogP contribution < -0.4 is 0 Å². The summed E-state index contributed by atoms with van der Waals surface area (Å²) >= 11 is 6.69. The molecule has 1 unspecified atom stereocenters. The van der Waals surface area contributed by atoms with Crippen molar-refractivity contribution >= 4 is 29.3 Å². The van der Waals surface area contributed by atoms with Crippen molar-refractivity contribution in [2.75, 3.05) is 13.1 Å². The topological polar surface area (TPSA) is 65.9 Å². The van der Waals surface area contributed by atoms with Crippen molar-refractivity contribution in [2.45, 2.75) is 51.1 Å². The Hall–Kier alpha value is -3.06. The summed E-state index contributed by atoms with van der Waals surface area (Å²) in [4.78, 5) is 39.2. The summed E-state index contributed by atoms with van der Waals surface area (Å²) in [5.41, 5.74) is 1.04. The van der Waals surface area contributed by atoms with E-state index >= 15 is 0 Å². The van der Waals surface area contributed by atoms with E-state index in [0.717, 1.165) is 12.8 Å². The number of amidine groups is 1. The monoisotopic (exact) mass is 494 g/mol. The average Bonchev–Trinajstić information content (AvgIpc) is 3.68. The first-order valence-corrected chi connectivity index (χ1v) is 12.3. The van der Waals surface area contributed by atoms with Crippen LogP contribution in [0.1, 0.15) is 44.9 Å². The zero-order valence-electron chi connectivity index (χ0n) is 20.1. The Balaban J connectivity index is 1.64. The van der Waals surface area contributed by atoms with Crippen LogP contribution in [0.2, 0.25) is 5.02 Å². The summed E-state index contributed by atoms with van der Waals surface area (Å²) < 4.78 is 14.7. The minimum absolute atomic E-state index is 0.0928. The van der Waals surface area contributed by atoms with Gasteiger partial charge >= 0.3 is 0 Å². The van der Waals surface area contributed by atoms with Gasteiger partial charge in [0.15, 0.2) is 0 Å². The molecule has 2 amide bonds. The first-order valence-electron chi connectivity index (χ1n) is 12.0. The fourth-order valence-corrected chi connectivity index (χ4v) is 5.62. The molecule has 1 aliphatic carbocycles. The maximum Gasteiger partial charge on any atom is 0.259 e. The second kappa shape index (κ2) is 8.55. The van der Waals surface area contributed by atoms with E-state index in [1.807, 2.05) is 20.8 Å². The van der Waals surface area contributed by atoms with Crippen molar-refractivity contribution in [3.63, 3.8) is 0 Å². The number of nitrogens with zero attached hydrogens (tertiary/aromatic N) is 4. The number of aromatic nitrogens is 1. The van der Waals surface area contributed by atoms with Crippen molar-refractivity contribution in [1.29, 1.82) is 0 Å². The zero-order valence-corrected chi connectivity index (χ0v) is 20.8. The molecule has 1 aromatic heterocycles. The van der Waals surface area contributed by atoms with Crippen molar-refractivity contribution in [2.24, 2.45) is 10.9 Å². The van der Waals surface area contributed by atoms with Crippen molar-refractivity contribution < 1.29 is 14.0 Å². The predicted octanol–water partition coefficient (Wildman–Crippen LogP) is 4.60. The first kappa shape index (κ1) is 23.7. The summed E-state index contributed by atoms with van der Waals surface area (Å²) in [5.74, 6) is -0.119. The smallest absolute Gasteiger partial charge is 0.259 e. The number of piperazine rings is 1. The van der Waals surface area contributed by atoms with Gasteiger partial charge in [-0.2, -0.15) is 4.99 Å². The van der Waals surface area contributed by atoms with E-state index in [2.05, 4.69) is 16.5 Å². The van der Waals surface area contributed by atoms with Gasteiger partial charge in [-0.1, -0.05) is 30.3 Å². The predicted molar refractivity (Wildman–Crippen MR) is 134 cm³/mol. The van der Waals surface area contributed by atoms with Gasteiger partial charge in [-0.05, 0) is 63.8 Å². The minimum Gasteiger partial charge on any atom is -0.349 e. The number of hydrogen-bond donors (Lipinski definition) is 0. The minimum atomic E-state index is -0.890. The van der Waals surface area contributed by atoms with Crippen LogP contribution >= 0.6 is 11.6 Å². The van der Waals surface area contributed by atoms with Gasteiger partial charge in [0.25, 0.3) is 5.91 Å². The van der Waals surface area contributed by atoms with Crippen LogP contribution in [0.15, 0.2) is 48.0 Å². The van der Waals surface area contributed by atoms with E-state index in [9.17, 15) is 14.0 Å². The molecule has 2 aromatic rings. The van der Waals surface area contributed by atoms with Gasteiger partial charge in [0.1, 0.15) is 11.7 Å². The lowest BCUT2D eigenvalue weighted by atomic mass is 9.76. The SMILES string of the molecule is C=CC(=O)N1C[C@H](C)N(C2=NC(=O)C(C)(C3CC3)c3nc(-c4ccccc4F)c(Cl)cc32)C[C@H]1C. The fourth-order valence-electron chi connectivity index (χ4n) is 5.36. The quantitative estimate of drug-likeness (QED) is 0.585. The summed E-state index contributed by atoms with van der Waals surface area (Å²) in [6, 6.07) is 7.95. The number of carbonyl (C=O) groups is 2. The normalized spacial score (nSPS) is 26.3. The highest BCUT2D eigenvalue weighted by molar-refractivity contribution is 6.33. The lowest BCUT2D eigenvalue weighted by Crippen LogP contribution is -2.60. The van der Waals surface area contributed by atoms with Crippen LogP contribution in [-0.4, -0.2) is 57.6 Å². The molecule has 1 saturated carbocycles. The Kier molecular flexibility index (Phi) is 5.79. The molecule has 2 aliphatic heterocycles. The van der Waals surface area contributed by atoms with Gasteiger partial charge < -0.3 is 9.80 Å². The highest BCUT2D eigenvalue weighted by Gasteiger charge is 2.54. The van der Waals surface area contributed by atoms with E-state index in [-0.39, 0.29) is 29.8 Å². The molecule has 3 aliphatic rings. The van der Waals surface area contributed by atoms with Crippen LogP contribution in [0, 0.1) is 11.7 Å².